The number of rotatable bonds is 4. The van der Waals surface area contributed by atoms with Gasteiger partial charge in [-0.25, -0.2) is 4.98 Å². The average Bonchev–Trinajstić information content (AvgIpc) is 2.91. The molecule has 1 aliphatic rings. The number of hydrogen-bond acceptors (Lipinski definition) is 8. The number of β-amino-alcohol motifs (C(OH)–C–C–N with tert-alkyl or cyclic N) is 1. The van der Waals surface area contributed by atoms with Crippen molar-refractivity contribution in [3.8, 4) is 5.88 Å². The van der Waals surface area contributed by atoms with Crippen molar-refractivity contribution in [2.45, 2.75) is 31.8 Å². The highest BCUT2D eigenvalue weighted by Crippen LogP contribution is 2.27. The van der Waals surface area contributed by atoms with Crippen molar-refractivity contribution >= 4 is 5.95 Å². The minimum absolute atomic E-state index is 0.328. The van der Waals surface area contributed by atoms with E-state index in [1.165, 1.54) is 0 Å². The normalized spacial score (nSPS) is 21.9. The lowest BCUT2D eigenvalue weighted by atomic mass is 9.89. The fraction of sp³-hybridized carbons (Fsp3) is 0.571. The van der Waals surface area contributed by atoms with Crippen LogP contribution in [-0.4, -0.2) is 51.0 Å². The van der Waals surface area contributed by atoms with Crippen LogP contribution >= 0.6 is 0 Å². The number of aryl methyl sites for hydroxylation is 1. The third-order valence-corrected chi connectivity index (χ3v) is 3.71. The van der Waals surface area contributed by atoms with Gasteiger partial charge in [-0.3, -0.25) is 0 Å². The molecule has 2 aromatic heterocycles. The Labute approximate surface area is 128 Å². The topological polar surface area (TPSA) is 97.4 Å². The van der Waals surface area contributed by atoms with Crippen molar-refractivity contribution in [1.29, 1.82) is 0 Å². The molecule has 1 fully saturated rings. The van der Waals surface area contributed by atoms with Crippen LogP contribution in [0.2, 0.25) is 0 Å². The van der Waals surface area contributed by atoms with Crippen molar-refractivity contribution in [2.24, 2.45) is 0 Å². The highest BCUT2D eigenvalue weighted by molar-refractivity contribution is 5.33. The Hall–Kier alpha value is -2.22. The molecule has 1 saturated heterocycles. The summed E-state index contributed by atoms with van der Waals surface area (Å²) in [4.78, 5) is 14.7. The zero-order valence-electron chi connectivity index (χ0n) is 12.7. The van der Waals surface area contributed by atoms with E-state index in [1.54, 1.807) is 26.3 Å². The fourth-order valence-electron chi connectivity index (χ4n) is 2.72. The van der Waals surface area contributed by atoms with Gasteiger partial charge in [0.1, 0.15) is 0 Å². The van der Waals surface area contributed by atoms with Crippen molar-refractivity contribution in [3.05, 3.63) is 24.0 Å². The lowest BCUT2D eigenvalue weighted by molar-refractivity contribution is 0.0189. The van der Waals surface area contributed by atoms with Gasteiger partial charge < -0.3 is 19.3 Å². The molecule has 3 heterocycles. The first-order chi connectivity index (χ1) is 10.6. The number of piperidine rings is 1. The van der Waals surface area contributed by atoms with Gasteiger partial charge in [0.25, 0.3) is 0 Å². The van der Waals surface area contributed by atoms with Crippen LogP contribution in [0.5, 0.6) is 5.88 Å². The van der Waals surface area contributed by atoms with E-state index < -0.39 is 5.60 Å². The summed E-state index contributed by atoms with van der Waals surface area (Å²) in [5, 5.41) is 14.6. The molecule has 0 aliphatic carbocycles. The smallest absolute Gasteiger partial charge is 0.229 e. The quantitative estimate of drug-likeness (QED) is 0.883. The first kappa shape index (κ1) is 14.7. The number of aliphatic hydroxyl groups is 1. The van der Waals surface area contributed by atoms with Crippen LogP contribution in [0, 0.1) is 6.92 Å². The van der Waals surface area contributed by atoms with Gasteiger partial charge in [-0.1, -0.05) is 5.16 Å². The Bertz CT molecular complexity index is 647. The van der Waals surface area contributed by atoms with E-state index in [-0.39, 0.29) is 0 Å². The van der Waals surface area contributed by atoms with E-state index in [0.717, 1.165) is 13.0 Å². The van der Waals surface area contributed by atoms with Gasteiger partial charge >= 0.3 is 0 Å². The maximum atomic E-state index is 10.8. The van der Waals surface area contributed by atoms with E-state index in [2.05, 4.69) is 20.1 Å². The molecule has 8 nitrogen and oxygen atoms in total. The molecule has 0 amide bonds. The van der Waals surface area contributed by atoms with Gasteiger partial charge in [-0.05, 0) is 19.8 Å². The first-order valence-electron chi connectivity index (χ1n) is 7.21. The second-order valence-electron chi connectivity index (χ2n) is 5.56. The second-order valence-corrected chi connectivity index (χ2v) is 5.56. The maximum absolute atomic E-state index is 10.8. The van der Waals surface area contributed by atoms with Crippen LogP contribution in [-0.2, 0) is 6.42 Å². The molecular weight excluding hydrogens is 286 g/mol. The molecule has 0 radical (unpaired) electrons. The van der Waals surface area contributed by atoms with Gasteiger partial charge in [-0.2, -0.15) is 9.97 Å². The van der Waals surface area contributed by atoms with Crippen molar-refractivity contribution < 1.29 is 14.4 Å². The molecule has 3 rings (SSSR count). The Balaban J connectivity index is 1.75. The number of methoxy groups -OCH3 is 1. The third kappa shape index (κ3) is 3.16. The molecule has 0 spiro atoms. The monoisotopic (exact) mass is 305 g/mol. The largest absolute Gasteiger partial charge is 0.481 e. The van der Waals surface area contributed by atoms with Crippen LogP contribution in [0.3, 0.4) is 0 Å². The molecule has 0 bridgehead atoms. The zero-order valence-corrected chi connectivity index (χ0v) is 12.7. The maximum Gasteiger partial charge on any atom is 0.229 e. The number of anilines is 1. The van der Waals surface area contributed by atoms with Gasteiger partial charge in [0, 0.05) is 18.8 Å². The predicted octanol–water partition coefficient (Wildman–Crippen LogP) is 0.751. The minimum atomic E-state index is -0.927. The molecule has 118 valence electrons. The summed E-state index contributed by atoms with van der Waals surface area (Å²) < 4.78 is 10.2. The number of aromatic nitrogens is 4. The molecule has 1 aliphatic heterocycles. The molecule has 0 aromatic carbocycles. The van der Waals surface area contributed by atoms with Gasteiger partial charge in [0.05, 0.1) is 25.7 Å². The van der Waals surface area contributed by atoms with Crippen molar-refractivity contribution in [2.75, 3.05) is 25.1 Å². The SMILES string of the molecule is COc1ccnc(N2CCCC(O)(Cc3nc(C)no3)C2)n1. The summed E-state index contributed by atoms with van der Waals surface area (Å²) in [5.74, 6) is 2.08. The van der Waals surface area contributed by atoms with E-state index >= 15 is 0 Å². The molecule has 22 heavy (non-hydrogen) atoms. The summed E-state index contributed by atoms with van der Waals surface area (Å²) in [7, 11) is 1.57. The predicted molar refractivity (Wildman–Crippen MR) is 77.7 cm³/mol. The Morgan fingerprint density at radius 1 is 1.45 bits per heavy atom. The van der Waals surface area contributed by atoms with E-state index in [0.29, 0.717) is 42.9 Å². The van der Waals surface area contributed by atoms with Gasteiger partial charge in [-0.15, -0.1) is 0 Å². The second kappa shape index (κ2) is 5.88. The van der Waals surface area contributed by atoms with Crippen LogP contribution in [0.25, 0.3) is 0 Å². The molecule has 2 aromatic rings. The standard InChI is InChI=1S/C14H19N5O3/c1-10-16-12(22-18-10)8-14(20)5-3-7-19(9-14)13-15-6-4-11(17-13)21-2/h4,6,20H,3,5,7-9H2,1-2H3. The highest BCUT2D eigenvalue weighted by Gasteiger charge is 2.36. The summed E-state index contributed by atoms with van der Waals surface area (Å²) in [6, 6.07) is 1.70. The van der Waals surface area contributed by atoms with Crippen LogP contribution < -0.4 is 9.64 Å². The molecule has 1 unspecified atom stereocenters. The minimum Gasteiger partial charge on any atom is -0.481 e. The third-order valence-electron chi connectivity index (χ3n) is 3.71. The molecule has 1 atom stereocenters. The average molecular weight is 305 g/mol. The summed E-state index contributed by atoms with van der Waals surface area (Å²) in [5.41, 5.74) is -0.927. The van der Waals surface area contributed by atoms with E-state index in [1.807, 2.05) is 4.90 Å². The summed E-state index contributed by atoms with van der Waals surface area (Å²) in [6.07, 6.45) is 3.49. The molecule has 0 saturated carbocycles. The summed E-state index contributed by atoms with van der Waals surface area (Å²) >= 11 is 0. The number of ether oxygens (including phenoxy) is 1. The molecule has 8 heteroatoms. The fourth-order valence-corrected chi connectivity index (χ4v) is 2.72. The Kier molecular flexibility index (Phi) is 3.93. The van der Waals surface area contributed by atoms with Crippen molar-refractivity contribution in [1.82, 2.24) is 20.1 Å². The Morgan fingerprint density at radius 3 is 3.05 bits per heavy atom. The molecule has 1 N–H and O–H groups in total. The van der Waals surface area contributed by atoms with Gasteiger partial charge in [0.15, 0.2) is 5.82 Å². The lowest BCUT2D eigenvalue weighted by Crippen LogP contribution is -2.50. The number of hydrogen-bond donors (Lipinski definition) is 1. The number of nitrogens with zero attached hydrogens (tertiary/aromatic N) is 5. The first-order valence-corrected chi connectivity index (χ1v) is 7.21. The van der Waals surface area contributed by atoms with Crippen molar-refractivity contribution in [3.63, 3.8) is 0 Å². The molecular formula is C14H19N5O3. The lowest BCUT2D eigenvalue weighted by Gasteiger charge is -2.38. The summed E-state index contributed by atoms with van der Waals surface area (Å²) in [6.45, 7) is 2.97. The Morgan fingerprint density at radius 2 is 2.32 bits per heavy atom. The van der Waals surface area contributed by atoms with Crippen LogP contribution in [0.15, 0.2) is 16.8 Å². The van der Waals surface area contributed by atoms with Gasteiger partial charge in [0.2, 0.25) is 17.7 Å². The van der Waals surface area contributed by atoms with Crippen LogP contribution in [0.4, 0.5) is 5.95 Å². The zero-order chi connectivity index (χ0) is 15.6. The van der Waals surface area contributed by atoms with E-state index in [4.69, 9.17) is 9.26 Å². The van der Waals surface area contributed by atoms with Crippen LogP contribution in [0.1, 0.15) is 24.6 Å². The highest BCUT2D eigenvalue weighted by atomic mass is 16.5. The van der Waals surface area contributed by atoms with E-state index in [9.17, 15) is 5.11 Å².